The summed E-state index contributed by atoms with van der Waals surface area (Å²) in [7, 11) is 0. The molecule has 0 saturated heterocycles. The van der Waals surface area contributed by atoms with Crippen LogP contribution in [0, 0.1) is 11.8 Å². The molecule has 10 heteroatoms. The lowest BCUT2D eigenvalue weighted by molar-refractivity contribution is -0.459. The Hall–Kier alpha value is -2.65. The Morgan fingerprint density at radius 1 is 0.900 bits per heavy atom. The normalized spacial score (nSPS) is 13.8. The van der Waals surface area contributed by atoms with Crippen LogP contribution in [0.3, 0.4) is 0 Å². The summed E-state index contributed by atoms with van der Waals surface area (Å²) >= 11 is 0. The van der Waals surface area contributed by atoms with Crippen LogP contribution in [0.5, 0.6) is 0 Å². The van der Waals surface area contributed by atoms with Crippen LogP contribution in [0.15, 0.2) is 0 Å². The van der Waals surface area contributed by atoms with Gasteiger partial charge in [0.15, 0.2) is 0 Å². The molecule has 0 aliphatic heterocycles. The van der Waals surface area contributed by atoms with E-state index in [2.05, 4.69) is 20.9 Å². The number of nitrogens with one attached hydrogen (secondary N) is 4. The van der Waals surface area contributed by atoms with Crippen LogP contribution in [-0.2, 0) is 19.2 Å². The molecule has 172 valence electrons. The molecule has 0 spiro atoms. The Labute approximate surface area is 179 Å². The first-order chi connectivity index (χ1) is 14.0. The fourth-order valence-corrected chi connectivity index (χ4v) is 2.94. The summed E-state index contributed by atoms with van der Waals surface area (Å²) < 4.78 is 0. The number of hydrogen-bond donors (Lipinski definition) is 6. The minimum atomic E-state index is -0.811. The van der Waals surface area contributed by atoms with Crippen LogP contribution in [0.25, 0.3) is 0 Å². The summed E-state index contributed by atoms with van der Waals surface area (Å²) in [5.41, 5.74) is 10.6. The van der Waals surface area contributed by atoms with E-state index in [9.17, 15) is 19.2 Å². The van der Waals surface area contributed by atoms with E-state index >= 15 is 0 Å². The predicted octanol–water partition coefficient (Wildman–Crippen LogP) is -2.11. The van der Waals surface area contributed by atoms with Crippen LogP contribution < -0.4 is 32.4 Å². The number of guanidine groups is 1. The fraction of sp³-hybridized carbons (Fsp3) is 0.750. The van der Waals surface area contributed by atoms with Crippen molar-refractivity contribution in [1.82, 2.24) is 16.0 Å². The van der Waals surface area contributed by atoms with Gasteiger partial charge in [-0.3, -0.25) is 30.8 Å². The molecule has 10 nitrogen and oxygen atoms in total. The summed E-state index contributed by atoms with van der Waals surface area (Å²) in [4.78, 5) is 51.1. The molecule has 0 aliphatic rings. The third kappa shape index (κ3) is 12.7. The molecule has 0 aromatic carbocycles. The van der Waals surface area contributed by atoms with Crippen molar-refractivity contribution in [2.24, 2.45) is 23.3 Å². The standard InChI is InChI=1S/C20H38N6O4/c1-12(2)9-16(24-14(5)28)19(30)26-17(10-13(3)4)18(29)25-15(11-27)7-6-8-23-20(21)22/h11-13,15-17H,6-10H2,1-5H3,(H,24,28)(H,25,29)(H,26,30)(H4,21,22,23)/p+1/t15-,16-,17-/m0/s1. The van der Waals surface area contributed by atoms with Crippen LogP contribution >= 0.6 is 0 Å². The van der Waals surface area contributed by atoms with E-state index in [0.29, 0.717) is 38.5 Å². The average molecular weight is 428 g/mol. The van der Waals surface area contributed by atoms with E-state index in [0.717, 1.165) is 0 Å². The molecule has 3 amide bonds. The van der Waals surface area contributed by atoms with Gasteiger partial charge in [-0.15, -0.1) is 0 Å². The molecule has 0 fully saturated rings. The van der Waals surface area contributed by atoms with Gasteiger partial charge in [0.05, 0.1) is 12.6 Å². The van der Waals surface area contributed by atoms with Gasteiger partial charge < -0.3 is 20.7 Å². The van der Waals surface area contributed by atoms with Gasteiger partial charge >= 0.3 is 5.96 Å². The van der Waals surface area contributed by atoms with Gasteiger partial charge in [0.25, 0.3) is 0 Å². The third-order valence-electron chi connectivity index (χ3n) is 4.25. The van der Waals surface area contributed by atoms with Crippen molar-refractivity contribution < 1.29 is 24.2 Å². The van der Waals surface area contributed by atoms with Crippen LogP contribution in [0.4, 0.5) is 0 Å². The van der Waals surface area contributed by atoms with Gasteiger partial charge in [-0.25, -0.2) is 0 Å². The predicted molar refractivity (Wildman–Crippen MR) is 115 cm³/mol. The van der Waals surface area contributed by atoms with Gasteiger partial charge in [0, 0.05) is 6.92 Å². The molecular weight excluding hydrogens is 388 g/mol. The van der Waals surface area contributed by atoms with Gasteiger partial charge in [-0.2, -0.15) is 0 Å². The van der Waals surface area contributed by atoms with Crippen molar-refractivity contribution in [2.75, 3.05) is 6.54 Å². The van der Waals surface area contributed by atoms with Crippen LogP contribution in [-0.4, -0.2) is 54.6 Å². The summed E-state index contributed by atoms with van der Waals surface area (Å²) in [6, 6.07) is -2.22. The molecule has 0 aromatic heterocycles. The number of hydrogen-bond acceptors (Lipinski definition) is 4. The second-order valence-corrected chi connectivity index (χ2v) is 8.35. The lowest BCUT2D eigenvalue weighted by Gasteiger charge is -2.25. The number of rotatable bonds is 14. The van der Waals surface area contributed by atoms with Gasteiger partial charge in [-0.1, -0.05) is 27.7 Å². The van der Waals surface area contributed by atoms with Crippen LogP contribution in [0.1, 0.15) is 60.3 Å². The molecule has 0 rings (SSSR count). The summed E-state index contributed by atoms with van der Waals surface area (Å²) in [5.74, 6) is -0.758. The Morgan fingerprint density at radius 2 is 1.40 bits per heavy atom. The molecular formula is C20H39N6O4+. The van der Waals surface area contributed by atoms with Gasteiger partial charge in [-0.05, 0) is 37.5 Å². The maximum atomic E-state index is 12.8. The van der Waals surface area contributed by atoms with Crippen molar-refractivity contribution in [3.8, 4) is 0 Å². The lowest BCUT2D eigenvalue weighted by atomic mass is 9.99. The number of carbonyl (C=O) groups is 4. The number of carbonyl (C=O) groups excluding carboxylic acids is 4. The summed E-state index contributed by atoms with van der Waals surface area (Å²) in [6.07, 6.45) is 2.49. The van der Waals surface area contributed by atoms with Crippen molar-refractivity contribution in [2.45, 2.75) is 78.4 Å². The molecule has 0 radical (unpaired) electrons. The van der Waals surface area contributed by atoms with E-state index < -0.39 is 29.9 Å². The first kappa shape index (κ1) is 27.4. The number of aldehydes is 1. The van der Waals surface area contributed by atoms with Crippen molar-refractivity contribution in [3.05, 3.63) is 0 Å². The fourth-order valence-electron chi connectivity index (χ4n) is 2.94. The zero-order valence-electron chi connectivity index (χ0n) is 18.8. The Balaban J connectivity index is 5.10. The highest BCUT2D eigenvalue weighted by Crippen LogP contribution is 2.09. The Kier molecular flexibility index (Phi) is 13.1. The molecule has 8 N–H and O–H groups in total. The lowest BCUT2D eigenvalue weighted by Crippen LogP contribution is -2.78. The van der Waals surface area contributed by atoms with E-state index in [-0.39, 0.29) is 23.7 Å². The quantitative estimate of drug-likeness (QED) is 0.0801. The van der Waals surface area contributed by atoms with Crippen molar-refractivity contribution >= 4 is 30.0 Å². The van der Waals surface area contributed by atoms with E-state index in [1.54, 1.807) is 0 Å². The smallest absolute Gasteiger partial charge is 0.338 e. The molecule has 0 aromatic rings. The monoisotopic (exact) mass is 427 g/mol. The second-order valence-electron chi connectivity index (χ2n) is 8.35. The molecule has 0 heterocycles. The van der Waals surface area contributed by atoms with Crippen LogP contribution in [0.2, 0.25) is 0 Å². The number of nitrogens with two attached hydrogens (primary N) is 2. The maximum Gasteiger partial charge on any atom is 0.338 e. The van der Waals surface area contributed by atoms with E-state index in [1.807, 2.05) is 27.7 Å². The average Bonchev–Trinajstić information content (AvgIpc) is 2.61. The highest BCUT2D eigenvalue weighted by molar-refractivity contribution is 5.92. The summed E-state index contributed by atoms with van der Waals surface area (Å²) in [5, 5.41) is 8.06. The highest BCUT2D eigenvalue weighted by Gasteiger charge is 2.28. The molecule has 0 saturated carbocycles. The third-order valence-corrected chi connectivity index (χ3v) is 4.25. The topological polar surface area (TPSA) is 170 Å². The zero-order valence-corrected chi connectivity index (χ0v) is 18.8. The largest absolute Gasteiger partial charge is 0.345 e. The van der Waals surface area contributed by atoms with E-state index in [1.165, 1.54) is 6.92 Å². The van der Waals surface area contributed by atoms with E-state index in [4.69, 9.17) is 11.5 Å². The molecule has 0 aliphatic carbocycles. The Bertz CT molecular complexity index is 602. The zero-order chi connectivity index (χ0) is 23.3. The second kappa shape index (κ2) is 14.4. The minimum absolute atomic E-state index is 0.0940. The van der Waals surface area contributed by atoms with Crippen molar-refractivity contribution in [1.29, 1.82) is 0 Å². The molecule has 30 heavy (non-hydrogen) atoms. The number of amides is 3. The van der Waals surface area contributed by atoms with Gasteiger partial charge in [0.1, 0.15) is 18.4 Å². The Morgan fingerprint density at radius 3 is 1.83 bits per heavy atom. The maximum absolute atomic E-state index is 12.8. The SMILES string of the molecule is CC(=O)N[C@@H](CC(C)C)C(=O)N[C@@H](CC(C)C)C(=O)N[C@H](C=O)CCC[NH+]=C(N)N. The van der Waals surface area contributed by atoms with Gasteiger partial charge in [0.2, 0.25) is 17.7 Å². The van der Waals surface area contributed by atoms with Crippen molar-refractivity contribution in [3.63, 3.8) is 0 Å². The highest BCUT2D eigenvalue weighted by atomic mass is 16.2. The molecule has 0 unspecified atom stereocenters. The first-order valence-corrected chi connectivity index (χ1v) is 10.4. The first-order valence-electron chi connectivity index (χ1n) is 10.4. The summed E-state index contributed by atoms with van der Waals surface area (Å²) in [6.45, 7) is 9.58. The minimum Gasteiger partial charge on any atom is -0.345 e. The molecule has 0 bridgehead atoms. The molecule has 3 atom stereocenters.